The van der Waals surface area contributed by atoms with Gasteiger partial charge in [-0.15, -0.1) is 0 Å². The molecule has 1 atom stereocenters. The SMILES string of the molecule is O=C(NC1CCc2[nH]ncc2C1)C(F)(F)C1(O)CCC1. The quantitative estimate of drug-likeness (QED) is 0.773. The lowest BCUT2D eigenvalue weighted by Crippen LogP contribution is -2.62. The number of nitrogens with zero attached hydrogens (tertiary/aromatic N) is 1. The summed E-state index contributed by atoms with van der Waals surface area (Å²) in [5.41, 5.74) is -0.209. The molecule has 2 aliphatic rings. The molecule has 3 rings (SSSR count). The molecule has 1 heterocycles. The maximum Gasteiger partial charge on any atom is 0.352 e. The van der Waals surface area contributed by atoms with Crippen molar-refractivity contribution < 1.29 is 18.7 Å². The van der Waals surface area contributed by atoms with Crippen molar-refractivity contribution >= 4 is 5.91 Å². The van der Waals surface area contributed by atoms with E-state index in [1.54, 1.807) is 6.20 Å². The lowest BCUT2D eigenvalue weighted by Gasteiger charge is -2.42. The summed E-state index contributed by atoms with van der Waals surface area (Å²) in [4.78, 5) is 11.8. The highest BCUT2D eigenvalue weighted by Crippen LogP contribution is 2.44. The number of aliphatic hydroxyl groups is 1. The molecule has 1 fully saturated rings. The summed E-state index contributed by atoms with van der Waals surface area (Å²) in [5, 5.41) is 18.9. The zero-order chi connectivity index (χ0) is 14.4. The molecule has 110 valence electrons. The first-order valence-electron chi connectivity index (χ1n) is 6.85. The number of alkyl halides is 2. The van der Waals surface area contributed by atoms with Crippen LogP contribution in [0.2, 0.25) is 0 Å². The van der Waals surface area contributed by atoms with Crippen molar-refractivity contribution in [3.8, 4) is 0 Å². The Bertz CT molecular complexity index is 525. The smallest absolute Gasteiger partial charge is 0.352 e. The van der Waals surface area contributed by atoms with E-state index in [1.165, 1.54) is 0 Å². The van der Waals surface area contributed by atoms with Gasteiger partial charge in [-0.25, -0.2) is 0 Å². The number of H-pyrrole nitrogens is 1. The molecular formula is C13H17F2N3O2. The second-order valence-electron chi connectivity index (χ2n) is 5.75. The molecule has 0 radical (unpaired) electrons. The highest BCUT2D eigenvalue weighted by molar-refractivity contribution is 5.85. The van der Waals surface area contributed by atoms with Crippen LogP contribution in [-0.2, 0) is 17.6 Å². The molecule has 5 nitrogen and oxygen atoms in total. The van der Waals surface area contributed by atoms with Gasteiger partial charge in [0.25, 0.3) is 5.91 Å². The number of aryl methyl sites for hydroxylation is 1. The molecule has 1 aromatic heterocycles. The summed E-state index contributed by atoms with van der Waals surface area (Å²) in [6, 6.07) is -0.331. The molecule has 1 saturated carbocycles. The minimum atomic E-state index is -3.72. The van der Waals surface area contributed by atoms with Crippen molar-refractivity contribution in [2.24, 2.45) is 0 Å². The minimum Gasteiger partial charge on any atom is -0.383 e. The second-order valence-corrected chi connectivity index (χ2v) is 5.75. The molecule has 0 aliphatic heterocycles. The van der Waals surface area contributed by atoms with Crippen molar-refractivity contribution in [3.05, 3.63) is 17.5 Å². The lowest BCUT2D eigenvalue weighted by molar-refractivity contribution is -0.216. The summed E-state index contributed by atoms with van der Waals surface area (Å²) in [6.07, 6.45) is 3.90. The van der Waals surface area contributed by atoms with E-state index in [-0.39, 0.29) is 18.9 Å². The minimum absolute atomic E-state index is 0.0238. The fraction of sp³-hybridized carbons (Fsp3) is 0.692. The highest BCUT2D eigenvalue weighted by atomic mass is 19.3. The standard InChI is InChI=1S/C13H17F2N3O2/c14-13(15,12(20)4-1-5-12)11(19)17-9-2-3-10-8(6-9)7-16-18-10/h7,9,20H,1-6H2,(H,16,18)(H,17,19). The Labute approximate surface area is 114 Å². The van der Waals surface area contributed by atoms with Crippen LogP contribution in [0.5, 0.6) is 0 Å². The zero-order valence-corrected chi connectivity index (χ0v) is 11.0. The summed E-state index contributed by atoms with van der Waals surface area (Å²) in [5.74, 6) is -5.08. The van der Waals surface area contributed by atoms with Gasteiger partial charge in [-0.05, 0) is 44.1 Å². The Balaban J connectivity index is 1.65. The van der Waals surface area contributed by atoms with Crippen LogP contribution in [0.25, 0.3) is 0 Å². The maximum atomic E-state index is 14.0. The van der Waals surface area contributed by atoms with Crippen LogP contribution < -0.4 is 5.32 Å². The van der Waals surface area contributed by atoms with Gasteiger partial charge in [0, 0.05) is 11.7 Å². The van der Waals surface area contributed by atoms with E-state index < -0.39 is 17.4 Å². The molecule has 1 aromatic rings. The van der Waals surface area contributed by atoms with Crippen LogP contribution in [0.4, 0.5) is 8.78 Å². The molecule has 0 spiro atoms. The zero-order valence-electron chi connectivity index (χ0n) is 11.0. The number of rotatable bonds is 3. The van der Waals surface area contributed by atoms with Crippen LogP contribution in [0.1, 0.15) is 36.9 Å². The largest absolute Gasteiger partial charge is 0.383 e. The molecule has 20 heavy (non-hydrogen) atoms. The van der Waals surface area contributed by atoms with Gasteiger partial charge in [0.05, 0.1) is 6.20 Å². The average Bonchev–Trinajstić information content (AvgIpc) is 2.83. The van der Waals surface area contributed by atoms with Crippen molar-refractivity contribution in [1.82, 2.24) is 15.5 Å². The van der Waals surface area contributed by atoms with Gasteiger partial charge < -0.3 is 10.4 Å². The molecule has 3 N–H and O–H groups in total. The van der Waals surface area contributed by atoms with Crippen LogP contribution in [-0.4, -0.2) is 38.8 Å². The molecule has 1 amide bonds. The van der Waals surface area contributed by atoms with E-state index in [1.807, 2.05) is 0 Å². The summed E-state index contributed by atoms with van der Waals surface area (Å²) < 4.78 is 27.9. The van der Waals surface area contributed by atoms with Crippen LogP contribution in [0.3, 0.4) is 0 Å². The van der Waals surface area contributed by atoms with Gasteiger partial charge >= 0.3 is 5.92 Å². The number of halogens is 2. The van der Waals surface area contributed by atoms with Crippen LogP contribution in [0, 0.1) is 0 Å². The number of nitrogens with one attached hydrogen (secondary N) is 2. The molecule has 2 aliphatic carbocycles. The van der Waals surface area contributed by atoms with E-state index in [0.717, 1.165) is 11.3 Å². The lowest BCUT2D eigenvalue weighted by atomic mass is 9.75. The molecule has 0 saturated heterocycles. The first-order valence-corrected chi connectivity index (χ1v) is 6.85. The number of amides is 1. The fourth-order valence-electron chi connectivity index (χ4n) is 2.85. The number of carbonyl (C=O) groups is 1. The molecule has 1 unspecified atom stereocenters. The molecule has 0 aromatic carbocycles. The Kier molecular flexibility index (Phi) is 3.04. The van der Waals surface area contributed by atoms with E-state index in [2.05, 4.69) is 15.5 Å². The van der Waals surface area contributed by atoms with Gasteiger partial charge in [-0.3, -0.25) is 9.89 Å². The van der Waals surface area contributed by atoms with Gasteiger partial charge in [-0.1, -0.05) is 0 Å². The normalized spacial score (nSPS) is 24.6. The third-order valence-corrected chi connectivity index (χ3v) is 4.40. The number of carbonyl (C=O) groups excluding carboxylic acids is 1. The van der Waals surface area contributed by atoms with Crippen molar-refractivity contribution in [2.45, 2.75) is 56.1 Å². The van der Waals surface area contributed by atoms with E-state index in [0.29, 0.717) is 25.7 Å². The van der Waals surface area contributed by atoms with Crippen molar-refractivity contribution in [1.29, 1.82) is 0 Å². The maximum absolute atomic E-state index is 14.0. The van der Waals surface area contributed by atoms with Gasteiger partial charge in [0.1, 0.15) is 5.60 Å². The van der Waals surface area contributed by atoms with Crippen LogP contribution in [0.15, 0.2) is 6.20 Å². The number of aromatic nitrogens is 2. The molecule has 0 bridgehead atoms. The predicted octanol–water partition coefficient (Wildman–Crippen LogP) is 0.933. The highest BCUT2D eigenvalue weighted by Gasteiger charge is 2.61. The first kappa shape index (κ1) is 13.5. The Morgan fingerprint density at radius 3 is 2.95 bits per heavy atom. The number of hydrogen-bond donors (Lipinski definition) is 3. The summed E-state index contributed by atoms with van der Waals surface area (Å²) in [7, 11) is 0. The van der Waals surface area contributed by atoms with Crippen molar-refractivity contribution in [3.63, 3.8) is 0 Å². The van der Waals surface area contributed by atoms with Crippen molar-refractivity contribution in [2.75, 3.05) is 0 Å². The predicted molar refractivity (Wildman–Crippen MR) is 66.3 cm³/mol. The fourth-order valence-corrected chi connectivity index (χ4v) is 2.85. The number of hydrogen-bond acceptors (Lipinski definition) is 3. The van der Waals surface area contributed by atoms with E-state index in [9.17, 15) is 18.7 Å². The number of aromatic amines is 1. The van der Waals surface area contributed by atoms with Gasteiger partial charge in [-0.2, -0.15) is 13.9 Å². The Morgan fingerprint density at radius 1 is 1.55 bits per heavy atom. The monoisotopic (exact) mass is 285 g/mol. The van der Waals surface area contributed by atoms with Crippen LogP contribution >= 0.6 is 0 Å². The topological polar surface area (TPSA) is 78.0 Å². The first-order chi connectivity index (χ1) is 9.42. The average molecular weight is 285 g/mol. The van der Waals surface area contributed by atoms with E-state index >= 15 is 0 Å². The Morgan fingerprint density at radius 2 is 2.30 bits per heavy atom. The second kappa shape index (κ2) is 4.51. The summed E-state index contributed by atoms with van der Waals surface area (Å²) in [6.45, 7) is 0. The third-order valence-electron chi connectivity index (χ3n) is 4.40. The number of fused-ring (bicyclic) bond motifs is 1. The Hall–Kier alpha value is -1.50. The molecular weight excluding hydrogens is 268 g/mol. The third kappa shape index (κ3) is 2.00. The van der Waals surface area contributed by atoms with Gasteiger partial charge in [0.2, 0.25) is 0 Å². The van der Waals surface area contributed by atoms with E-state index in [4.69, 9.17) is 0 Å². The van der Waals surface area contributed by atoms with Gasteiger partial charge in [0.15, 0.2) is 0 Å². The molecule has 7 heteroatoms. The summed E-state index contributed by atoms with van der Waals surface area (Å²) >= 11 is 0.